The number of non-ortho nitro benzene ring substituents is 1. The van der Waals surface area contributed by atoms with Crippen LogP contribution in [0.15, 0.2) is 47.4 Å². The zero-order valence-corrected chi connectivity index (χ0v) is 15.2. The minimum atomic E-state index is -4.01. The Morgan fingerprint density at radius 3 is 2.35 bits per heavy atom. The van der Waals surface area contributed by atoms with Crippen molar-refractivity contribution in [3.05, 3.63) is 58.1 Å². The lowest BCUT2D eigenvalue weighted by Gasteiger charge is -2.15. The number of carbonyl (C=O) groups is 1. The molecule has 0 aliphatic carbocycles. The summed E-state index contributed by atoms with van der Waals surface area (Å²) in [5.41, 5.74) is 1.00. The zero-order chi connectivity index (χ0) is 19.5. The summed E-state index contributed by atoms with van der Waals surface area (Å²) in [7, 11) is -2.56. The van der Waals surface area contributed by atoms with Crippen molar-refractivity contribution in [2.24, 2.45) is 0 Å². The molecule has 2 aromatic rings. The molecule has 0 saturated carbocycles. The second-order valence-electron chi connectivity index (χ2n) is 5.63. The molecular formula is C17H18N2O6S. The number of ether oxygens (including phenoxy) is 1. The van der Waals surface area contributed by atoms with Crippen molar-refractivity contribution >= 4 is 27.1 Å². The molecule has 0 heterocycles. The van der Waals surface area contributed by atoms with E-state index in [-0.39, 0.29) is 10.6 Å². The second-order valence-corrected chi connectivity index (χ2v) is 7.90. The molecule has 0 fully saturated rings. The summed E-state index contributed by atoms with van der Waals surface area (Å²) in [5.74, 6) is -0.323. The summed E-state index contributed by atoms with van der Waals surface area (Å²) in [4.78, 5) is 22.3. The molecule has 1 amide bonds. The standard InChI is InChI=1S/C17H18N2O6S/c1-11-4-9-16(25-3)15(10-11)18-17(20)12(2)26(23,24)14-7-5-13(6-8-14)19(21)22/h4-10,12H,1-3H3,(H,18,20)/t12-/m1/s1. The number of nitrogens with one attached hydrogen (secondary N) is 1. The number of nitrogens with zero attached hydrogens (tertiary/aromatic N) is 1. The highest BCUT2D eigenvalue weighted by Gasteiger charge is 2.30. The minimum Gasteiger partial charge on any atom is -0.495 e. The van der Waals surface area contributed by atoms with Crippen LogP contribution < -0.4 is 10.1 Å². The summed E-state index contributed by atoms with van der Waals surface area (Å²) in [6.45, 7) is 3.08. The molecule has 0 saturated heterocycles. The van der Waals surface area contributed by atoms with Crippen LogP contribution in [0.3, 0.4) is 0 Å². The normalized spacial score (nSPS) is 12.3. The van der Waals surface area contributed by atoms with Crippen molar-refractivity contribution in [1.29, 1.82) is 0 Å². The lowest BCUT2D eigenvalue weighted by molar-refractivity contribution is -0.384. The first-order valence-electron chi connectivity index (χ1n) is 7.60. The number of anilines is 1. The molecule has 0 unspecified atom stereocenters. The van der Waals surface area contributed by atoms with Crippen molar-refractivity contribution in [3.8, 4) is 5.75 Å². The van der Waals surface area contributed by atoms with Gasteiger partial charge in [-0.15, -0.1) is 0 Å². The Hall–Kier alpha value is -2.94. The van der Waals surface area contributed by atoms with E-state index in [2.05, 4.69) is 5.32 Å². The van der Waals surface area contributed by atoms with Crippen LogP contribution in [0.1, 0.15) is 12.5 Å². The van der Waals surface area contributed by atoms with Crippen molar-refractivity contribution in [3.63, 3.8) is 0 Å². The molecule has 26 heavy (non-hydrogen) atoms. The van der Waals surface area contributed by atoms with Crippen LogP contribution in [0.25, 0.3) is 0 Å². The number of rotatable bonds is 6. The lowest BCUT2D eigenvalue weighted by Crippen LogP contribution is -2.32. The molecule has 2 aromatic carbocycles. The van der Waals surface area contributed by atoms with E-state index >= 15 is 0 Å². The van der Waals surface area contributed by atoms with Gasteiger partial charge in [0.2, 0.25) is 5.91 Å². The van der Waals surface area contributed by atoms with Crippen LogP contribution in [-0.2, 0) is 14.6 Å². The number of benzene rings is 2. The Labute approximate surface area is 150 Å². The summed E-state index contributed by atoms with van der Waals surface area (Å²) in [6, 6.07) is 9.53. The monoisotopic (exact) mass is 378 g/mol. The van der Waals surface area contributed by atoms with Gasteiger partial charge in [0.25, 0.3) is 5.69 Å². The van der Waals surface area contributed by atoms with Gasteiger partial charge < -0.3 is 10.1 Å². The number of nitro groups is 1. The molecule has 1 N–H and O–H groups in total. The molecule has 0 aliphatic rings. The van der Waals surface area contributed by atoms with Crippen LogP contribution in [0.4, 0.5) is 11.4 Å². The number of methoxy groups -OCH3 is 1. The molecule has 0 radical (unpaired) electrons. The summed E-state index contributed by atoms with van der Waals surface area (Å²) < 4.78 is 30.4. The first-order valence-corrected chi connectivity index (χ1v) is 9.15. The fourth-order valence-corrected chi connectivity index (χ4v) is 3.52. The molecular weight excluding hydrogens is 360 g/mol. The van der Waals surface area contributed by atoms with E-state index in [4.69, 9.17) is 4.74 Å². The van der Waals surface area contributed by atoms with Crippen LogP contribution in [-0.4, -0.2) is 31.6 Å². The Kier molecular flexibility index (Phi) is 5.61. The number of hydrogen-bond donors (Lipinski definition) is 1. The third-order valence-corrected chi connectivity index (χ3v) is 5.90. The SMILES string of the molecule is COc1ccc(C)cc1NC(=O)[C@@H](C)S(=O)(=O)c1ccc([N+](=O)[O-])cc1. The quantitative estimate of drug-likeness (QED) is 0.610. The van der Waals surface area contributed by atoms with E-state index in [1.54, 1.807) is 18.2 Å². The zero-order valence-electron chi connectivity index (χ0n) is 14.4. The number of amides is 1. The summed E-state index contributed by atoms with van der Waals surface area (Å²) >= 11 is 0. The Balaban J connectivity index is 2.26. The smallest absolute Gasteiger partial charge is 0.269 e. The van der Waals surface area contributed by atoms with Crippen LogP contribution in [0.2, 0.25) is 0 Å². The highest BCUT2D eigenvalue weighted by atomic mass is 32.2. The van der Waals surface area contributed by atoms with Gasteiger partial charge in [0.15, 0.2) is 9.84 Å². The van der Waals surface area contributed by atoms with Crippen LogP contribution >= 0.6 is 0 Å². The maximum atomic E-state index is 12.6. The van der Waals surface area contributed by atoms with E-state index in [0.717, 1.165) is 29.8 Å². The lowest BCUT2D eigenvalue weighted by atomic mass is 10.2. The fraction of sp³-hybridized carbons (Fsp3) is 0.235. The van der Waals surface area contributed by atoms with E-state index in [0.29, 0.717) is 11.4 Å². The fourth-order valence-electron chi connectivity index (χ4n) is 2.26. The van der Waals surface area contributed by atoms with E-state index in [1.165, 1.54) is 14.0 Å². The Morgan fingerprint density at radius 1 is 1.19 bits per heavy atom. The van der Waals surface area contributed by atoms with Gasteiger partial charge in [-0.3, -0.25) is 14.9 Å². The minimum absolute atomic E-state index is 0.165. The van der Waals surface area contributed by atoms with Crippen LogP contribution in [0.5, 0.6) is 5.75 Å². The molecule has 1 atom stereocenters. The third kappa shape index (κ3) is 3.99. The first kappa shape index (κ1) is 19.4. The Morgan fingerprint density at radius 2 is 1.81 bits per heavy atom. The van der Waals surface area contributed by atoms with Gasteiger partial charge >= 0.3 is 0 Å². The molecule has 8 nitrogen and oxygen atoms in total. The van der Waals surface area contributed by atoms with Crippen molar-refractivity contribution in [1.82, 2.24) is 0 Å². The van der Waals surface area contributed by atoms with Crippen molar-refractivity contribution in [2.45, 2.75) is 24.0 Å². The number of carbonyl (C=O) groups excluding carboxylic acids is 1. The van der Waals surface area contributed by atoms with Gasteiger partial charge in [-0.25, -0.2) is 8.42 Å². The summed E-state index contributed by atoms with van der Waals surface area (Å²) in [5, 5.41) is 11.8. The predicted molar refractivity (Wildman–Crippen MR) is 96.1 cm³/mol. The van der Waals surface area contributed by atoms with Crippen LogP contribution in [0, 0.1) is 17.0 Å². The van der Waals surface area contributed by atoms with E-state index < -0.39 is 25.9 Å². The number of aryl methyl sites for hydroxylation is 1. The van der Waals surface area contributed by atoms with Gasteiger partial charge in [0, 0.05) is 12.1 Å². The predicted octanol–water partition coefficient (Wildman–Crippen LogP) is 2.71. The first-order chi connectivity index (χ1) is 12.2. The molecule has 0 spiro atoms. The average molecular weight is 378 g/mol. The topological polar surface area (TPSA) is 116 Å². The highest BCUT2D eigenvalue weighted by molar-refractivity contribution is 7.92. The summed E-state index contributed by atoms with van der Waals surface area (Å²) in [6.07, 6.45) is 0. The highest BCUT2D eigenvalue weighted by Crippen LogP contribution is 2.26. The average Bonchev–Trinajstić information content (AvgIpc) is 2.61. The maximum absolute atomic E-state index is 12.6. The third-order valence-electron chi connectivity index (χ3n) is 3.82. The van der Waals surface area contributed by atoms with Gasteiger partial charge in [-0.1, -0.05) is 6.07 Å². The molecule has 0 aromatic heterocycles. The van der Waals surface area contributed by atoms with Crippen molar-refractivity contribution in [2.75, 3.05) is 12.4 Å². The van der Waals surface area contributed by atoms with Crippen molar-refractivity contribution < 1.29 is 22.9 Å². The molecule has 0 aliphatic heterocycles. The van der Waals surface area contributed by atoms with Gasteiger partial charge in [-0.05, 0) is 43.7 Å². The van der Waals surface area contributed by atoms with E-state index in [9.17, 15) is 23.3 Å². The second kappa shape index (κ2) is 7.52. The van der Waals surface area contributed by atoms with E-state index in [1.807, 2.05) is 6.92 Å². The molecule has 2 rings (SSSR count). The largest absolute Gasteiger partial charge is 0.495 e. The van der Waals surface area contributed by atoms with Gasteiger partial charge in [0.1, 0.15) is 11.0 Å². The van der Waals surface area contributed by atoms with Gasteiger partial charge in [0.05, 0.1) is 22.6 Å². The molecule has 0 bridgehead atoms. The maximum Gasteiger partial charge on any atom is 0.269 e. The number of sulfone groups is 1. The number of hydrogen-bond acceptors (Lipinski definition) is 6. The molecule has 9 heteroatoms. The van der Waals surface area contributed by atoms with Gasteiger partial charge in [-0.2, -0.15) is 0 Å². The Bertz CT molecular complexity index is 938. The number of nitro benzene ring substituents is 1. The molecule has 138 valence electrons.